The highest BCUT2D eigenvalue weighted by Crippen LogP contribution is 2.11. The molecule has 0 aliphatic heterocycles. The first-order valence-electron chi connectivity index (χ1n) is 2.83. The van der Waals surface area contributed by atoms with Crippen molar-refractivity contribution in [1.82, 2.24) is 9.97 Å². The molecule has 0 unspecified atom stereocenters. The summed E-state index contributed by atoms with van der Waals surface area (Å²) in [6.07, 6.45) is 1.48. The van der Waals surface area contributed by atoms with Gasteiger partial charge in [0, 0.05) is 0 Å². The number of hydrogen-bond donors (Lipinski definition) is 3. The average Bonchev–Trinajstić information content (AvgIpc) is 2.34. The van der Waals surface area contributed by atoms with Crippen LogP contribution < -0.4 is 11.5 Å². The molecule has 6 heteroatoms. The van der Waals surface area contributed by atoms with Crippen molar-refractivity contribution in [3.63, 3.8) is 0 Å². The van der Waals surface area contributed by atoms with Gasteiger partial charge in [-0.1, -0.05) is 0 Å². The first-order valence-corrected chi connectivity index (χ1v) is 2.83. The summed E-state index contributed by atoms with van der Waals surface area (Å²) in [6, 6.07) is 0. The second kappa shape index (κ2) is 2.82. The lowest BCUT2D eigenvalue weighted by Crippen LogP contribution is -2.22. The molecule has 1 aromatic rings. The Morgan fingerprint density at radius 2 is 2.36 bits per heavy atom. The van der Waals surface area contributed by atoms with Crippen LogP contribution in [0.25, 0.3) is 0 Å². The van der Waals surface area contributed by atoms with E-state index in [0.717, 1.165) is 0 Å². The summed E-state index contributed by atoms with van der Waals surface area (Å²) in [4.78, 5) is 13.7. The summed E-state index contributed by atoms with van der Waals surface area (Å²) in [6.45, 7) is 3.29. The number of nitrogens with one attached hydrogen (secondary N) is 1. The van der Waals surface area contributed by atoms with E-state index in [4.69, 9.17) is 11.5 Å². The third-order valence-corrected chi connectivity index (χ3v) is 0.954. The SMILES string of the molecule is C=Nc1cnc(N=C(N)N)[nH]1. The van der Waals surface area contributed by atoms with Crippen LogP contribution in [0.15, 0.2) is 16.2 Å². The van der Waals surface area contributed by atoms with E-state index in [1.165, 1.54) is 6.20 Å². The molecule has 1 heterocycles. The Balaban J connectivity index is 2.89. The number of guanidine groups is 1. The Morgan fingerprint density at radius 3 is 2.82 bits per heavy atom. The summed E-state index contributed by atoms with van der Waals surface area (Å²) >= 11 is 0. The minimum Gasteiger partial charge on any atom is -0.370 e. The smallest absolute Gasteiger partial charge is 0.231 e. The molecular weight excluding hydrogens is 144 g/mol. The Morgan fingerprint density at radius 1 is 1.64 bits per heavy atom. The number of hydrogen-bond acceptors (Lipinski definition) is 3. The third-order valence-electron chi connectivity index (χ3n) is 0.954. The predicted molar refractivity (Wildman–Crippen MR) is 43.3 cm³/mol. The standard InChI is InChI=1S/C5H8N6/c1-8-3-2-9-5(10-3)11-4(6)7/h2H,1H2,(H5,6,7,9,10,11). The van der Waals surface area contributed by atoms with E-state index in [9.17, 15) is 0 Å². The molecule has 0 amide bonds. The molecule has 0 aromatic carbocycles. The molecule has 0 saturated carbocycles. The lowest BCUT2D eigenvalue weighted by Gasteiger charge is -1.86. The normalized spacial score (nSPS) is 9.09. The van der Waals surface area contributed by atoms with Gasteiger partial charge in [0.15, 0.2) is 11.8 Å². The molecule has 0 fully saturated rings. The average molecular weight is 152 g/mol. The highest BCUT2D eigenvalue weighted by molar-refractivity contribution is 5.78. The minimum atomic E-state index is -0.0463. The van der Waals surface area contributed by atoms with E-state index in [-0.39, 0.29) is 5.96 Å². The Labute approximate surface area is 63.1 Å². The molecule has 6 nitrogen and oxygen atoms in total. The maximum absolute atomic E-state index is 5.10. The third kappa shape index (κ3) is 1.78. The van der Waals surface area contributed by atoms with Gasteiger partial charge in [-0.05, 0) is 6.72 Å². The molecular formula is C5H8N6. The van der Waals surface area contributed by atoms with Crippen LogP contribution in [0.2, 0.25) is 0 Å². The minimum absolute atomic E-state index is 0.0463. The number of H-pyrrole nitrogens is 1. The van der Waals surface area contributed by atoms with E-state index >= 15 is 0 Å². The van der Waals surface area contributed by atoms with Crippen LogP contribution in [-0.4, -0.2) is 22.6 Å². The monoisotopic (exact) mass is 152 g/mol. The van der Waals surface area contributed by atoms with Crippen molar-refractivity contribution in [3.8, 4) is 0 Å². The van der Waals surface area contributed by atoms with E-state index in [0.29, 0.717) is 11.8 Å². The topological polar surface area (TPSA) is 105 Å². The van der Waals surface area contributed by atoms with Crippen LogP contribution in [0.3, 0.4) is 0 Å². The van der Waals surface area contributed by atoms with Crippen LogP contribution >= 0.6 is 0 Å². The molecule has 0 spiro atoms. The molecule has 1 rings (SSSR count). The number of nitrogens with zero attached hydrogens (tertiary/aromatic N) is 3. The van der Waals surface area contributed by atoms with Crippen LogP contribution in [0.4, 0.5) is 11.8 Å². The van der Waals surface area contributed by atoms with Crippen molar-refractivity contribution in [2.24, 2.45) is 21.5 Å². The first kappa shape index (κ1) is 7.26. The quantitative estimate of drug-likeness (QED) is 0.398. The van der Waals surface area contributed by atoms with Gasteiger partial charge in [-0.15, -0.1) is 0 Å². The Hall–Kier alpha value is -1.85. The molecule has 0 bridgehead atoms. The van der Waals surface area contributed by atoms with Crippen molar-refractivity contribution >= 4 is 24.4 Å². The van der Waals surface area contributed by atoms with Crippen LogP contribution in [0, 0.1) is 0 Å². The van der Waals surface area contributed by atoms with Gasteiger partial charge < -0.3 is 16.5 Å². The van der Waals surface area contributed by atoms with Gasteiger partial charge in [-0.25, -0.2) is 9.98 Å². The zero-order chi connectivity index (χ0) is 8.27. The summed E-state index contributed by atoms with van der Waals surface area (Å²) in [5.41, 5.74) is 10.2. The molecule has 0 saturated heterocycles. The number of nitrogens with two attached hydrogens (primary N) is 2. The van der Waals surface area contributed by atoms with E-state index in [2.05, 4.69) is 26.7 Å². The lowest BCUT2D eigenvalue weighted by atomic mass is 10.8. The number of imidazole rings is 1. The molecule has 0 aliphatic rings. The molecule has 11 heavy (non-hydrogen) atoms. The largest absolute Gasteiger partial charge is 0.370 e. The molecule has 0 aliphatic carbocycles. The first-order chi connectivity index (χ1) is 5.22. The number of aromatic nitrogens is 2. The highest BCUT2D eigenvalue weighted by atomic mass is 15.1. The summed E-state index contributed by atoms with van der Waals surface area (Å²) in [5, 5.41) is 0. The van der Waals surface area contributed by atoms with Gasteiger partial charge >= 0.3 is 0 Å². The van der Waals surface area contributed by atoms with Crippen LogP contribution in [0.5, 0.6) is 0 Å². The molecule has 58 valence electrons. The van der Waals surface area contributed by atoms with Gasteiger partial charge in [-0.2, -0.15) is 4.99 Å². The molecule has 1 aromatic heterocycles. The van der Waals surface area contributed by atoms with Crippen LogP contribution in [-0.2, 0) is 0 Å². The number of aromatic amines is 1. The van der Waals surface area contributed by atoms with Gasteiger partial charge in [0.2, 0.25) is 5.95 Å². The van der Waals surface area contributed by atoms with Crippen molar-refractivity contribution in [2.45, 2.75) is 0 Å². The van der Waals surface area contributed by atoms with E-state index < -0.39 is 0 Å². The fourth-order valence-corrected chi connectivity index (χ4v) is 0.561. The summed E-state index contributed by atoms with van der Waals surface area (Å²) < 4.78 is 0. The van der Waals surface area contributed by atoms with Crippen LogP contribution in [0.1, 0.15) is 0 Å². The van der Waals surface area contributed by atoms with Crippen molar-refractivity contribution in [2.75, 3.05) is 0 Å². The zero-order valence-electron chi connectivity index (χ0n) is 5.78. The molecule has 5 N–H and O–H groups in total. The van der Waals surface area contributed by atoms with Gasteiger partial charge in [0.1, 0.15) is 0 Å². The summed E-state index contributed by atoms with van der Waals surface area (Å²) in [5.74, 6) is 0.812. The Bertz CT molecular complexity index is 281. The molecule has 0 atom stereocenters. The molecule has 0 radical (unpaired) electrons. The fourth-order valence-electron chi connectivity index (χ4n) is 0.561. The Kier molecular flexibility index (Phi) is 1.86. The van der Waals surface area contributed by atoms with Gasteiger partial charge in [-0.3, -0.25) is 0 Å². The number of aliphatic imine (C=N–C) groups is 2. The van der Waals surface area contributed by atoms with Crippen molar-refractivity contribution in [1.29, 1.82) is 0 Å². The van der Waals surface area contributed by atoms with E-state index in [1.807, 2.05) is 0 Å². The lowest BCUT2D eigenvalue weighted by molar-refractivity contribution is 1.22. The van der Waals surface area contributed by atoms with Gasteiger partial charge in [0.05, 0.1) is 6.20 Å². The van der Waals surface area contributed by atoms with E-state index in [1.54, 1.807) is 0 Å². The number of rotatable bonds is 2. The maximum Gasteiger partial charge on any atom is 0.231 e. The second-order valence-corrected chi connectivity index (χ2v) is 1.79. The van der Waals surface area contributed by atoms with Gasteiger partial charge in [0.25, 0.3) is 0 Å². The summed E-state index contributed by atoms with van der Waals surface area (Å²) in [7, 11) is 0. The maximum atomic E-state index is 5.10. The zero-order valence-corrected chi connectivity index (χ0v) is 5.78. The fraction of sp³-hybridized carbons (Fsp3) is 0. The highest BCUT2D eigenvalue weighted by Gasteiger charge is 1.94. The predicted octanol–water partition coefficient (Wildman–Crippen LogP) is -0.353. The van der Waals surface area contributed by atoms with Crippen molar-refractivity contribution < 1.29 is 0 Å². The van der Waals surface area contributed by atoms with Crippen molar-refractivity contribution in [3.05, 3.63) is 6.20 Å². The second-order valence-electron chi connectivity index (χ2n) is 1.79.